The number of nitrogens with one attached hydrogen (secondary N) is 1. The Morgan fingerprint density at radius 3 is 2.68 bits per heavy atom. The third kappa shape index (κ3) is 3.15. The molecule has 152 valence electrons. The number of nitrogen functional groups attached to an aromatic ring is 1. The van der Waals surface area contributed by atoms with Crippen LogP contribution < -0.4 is 11.1 Å². The van der Waals surface area contributed by atoms with Crippen LogP contribution in [-0.2, 0) is 11.8 Å². The molecule has 2 aromatic carbocycles. The lowest BCUT2D eigenvalue weighted by Gasteiger charge is -2.09. The monoisotopic (exact) mass is 425 g/mol. The Kier molecular flexibility index (Phi) is 4.52. The van der Waals surface area contributed by atoms with Crippen LogP contribution in [0.25, 0.3) is 42.8 Å². The van der Waals surface area contributed by atoms with Crippen LogP contribution in [-0.4, -0.2) is 20.4 Å². The third-order valence-corrected chi connectivity index (χ3v) is 6.41. The van der Waals surface area contributed by atoms with Gasteiger partial charge < -0.3 is 15.6 Å². The number of amides is 1. The minimum Gasteiger partial charge on any atom is -0.383 e. The lowest BCUT2D eigenvalue weighted by atomic mass is 10.0. The van der Waals surface area contributed by atoms with Crippen molar-refractivity contribution in [1.29, 1.82) is 0 Å². The van der Waals surface area contributed by atoms with Gasteiger partial charge in [0.2, 0.25) is 5.91 Å². The van der Waals surface area contributed by atoms with Gasteiger partial charge in [-0.15, -0.1) is 11.3 Å². The van der Waals surface area contributed by atoms with Crippen molar-refractivity contribution in [2.75, 3.05) is 11.1 Å². The second kappa shape index (κ2) is 7.37. The number of fused-ring (bicyclic) bond motifs is 2. The fourth-order valence-corrected chi connectivity index (χ4v) is 4.98. The van der Waals surface area contributed by atoms with Crippen LogP contribution >= 0.6 is 11.3 Å². The minimum atomic E-state index is -0.244. The molecule has 0 saturated carbocycles. The van der Waals surface area contributed by atoms with Gasteiger partial charge >= 0.3 is 0 Å². The maximum atomic E-state index is 11.6. The van der Waals surface area contributed by atoms with Crippen LogP contribution in [0.5, 0.6) is 0 Å². The van der Waals surface area contributed by atoms with Gasteiger partial charge in [-0.3, -0.25) is 4.79 Å². The molecular weight excluding hydrogens is 406 g/mol. The Bertz CT molecular complexity index is 1430. The number of aromatic nitrogens is 3. The Balaban J connectivity index is 1.75. The molecule has 5 rings (SSSR count). The number of carbonyl (C=O) groups excluding carboxylic acids is 1. The smallest absolute Gasteiger partial charge is 0.247 e. The highest BCUT2D eigenvalue weighted by Gasteiger charge is 2.23. The molecule has 0 aliphatic heterocycles. The number of aryl methyl sites for hydroxylation is 1. The zero-order valence-electron chi connectivity index (χ0n) is 16.8. The van der Waals surface area contributed by atoms with Gasteiger partial charge in [-0.05, 0) is 41.3 Å². The average molecular weight is 426 g/mol. The van der Waals surface area contributed by atoms with E-state index in [-0.39, 0.29) is 5.91 Å². The molecule has 3 N–H and O–H groups in total. The molecule has 0 aliphatic rings. The third-order valence-electron chi connectivity index (χ3n) is 5.28. The number of hydrogen-bond acceptors (Lipinski definition) is 5. The Morgan fingerprint density at radius 1 is 1.16 bits per heavy atom. The zero-order valence-corrected chi connectivity index (χ0v) is 17.6. The Hall–Kier alpha value is -3.97. The van der Waals surface area contributed by atoms with E-state index in [9.17, 15) is 4.79 Å². The summed E-state index contributed by atoms with van der Waals surface area (Å²) < 4.78 is 3.25. The molecule has 0 bridgehead atoms. The highest BCUT2D eigenvalue weighted by Crippen LogP contribution is 2.45. The number of benzene rings is 2. The van der Waals surface area contributed by atoms with E-state index in [1.54, 1.807) is 11.3 Å². The first kappa shape index (κ1) is 19.0. The van der Waals surface area contributed by atoms with Crippen LogP contribution in [0.4, 0.5) is 11.5 Å². The van der Waals surface area contributed by atoms with Crippen molar-refractivity contribution in [3.8, 4) is 21.7 Å². The fourth-order valence-electron chi connectivity index (χ4n) is 3.86. The van der Waals surface area contributed by atoms with Crippen LogP contribution in [0.1, 0.15) is 0 Å². The van der Waals surface area contributed by atoms with Crippen molar-refractivity contribution in [2.24, 2.45) is 7.05 Å². The van der Waals surface area contributed by atoms with Gasteiger partial charge in [0.05, 0.1) is 11.1 Å². The molecule has 0 unspecified atom stereocenters. The molecule has 0 fully saturated rings. The molecule has 0 aliphatic carbocycles. The molecule has 1 amide bonds. The highest BCUT2D eigenvalue weighted by molar-refractivity contribution is 7.22. The van der Waals surface area contributed by atoms with Gasteiger partial charge in [-0.25, -0.2) is 9.97 Å². The first-order valence-electron chi connectivity index (χ1n) is 9.68. The largest absolute Gasteiger partial charge is 0.383 e. The van der Waals surface area contributed by atoms with Crippen LogP contribution in [0.15, 0.2) is 73.6 Å². The van der Waals surface area contributed by atoms with Crippen LogP contribution in [0.2, 0.25) is 0 Å². The molecule has 0 atom stereocenters. The zero-order chi connectivity index (χ0) is 21.5. The lowest BCUT2D eigenvalue weighted by Crippen LogP contribution is -2.06. The topological polar surface area (TPSA) is 85.8 Å². The maximum absolute atomic E-state index is 11.6. The predicted octanol–water partition coefficient (Wildman–Crippen LogP) is 5.22. The van der Waals surface area contributed by atoms with Gasteiger partial charge in [-0.2, -0.15) is 0 Å². The minimum absolute atomic E-state index is 0.244. The fraction of sp³-hybridized carbons (Fsp3) is 0.0417. The standard InChI is InChI=1S/C24H19N5OS/c1-3-19(30)28-16-10-8-14(9-11-16)22-20(18-12-15-6-4-5-7-17(15)31-18)21-23(25)26-13-27-24(21)29(22)2/h3-13H,1H2,2H3,(H,28,30)(H2,25,26,27). The SMILES string of the molecule is C=CC(=O)Nc1ccc(-c2c(-c3cc4ccccc4s3)c3c(N)ncnc3n2C)cc1. The molecule has 31 heavy (non-hydrogen) atoms. The van der Waals surface area contributed by atoms with E-state index < -0.39 is 0 Å². The van der Waals surface area contributed by atoms with Crippen LogP contribution in [0.3, 0.4) is 0 Å². The Labute approximate surface area is 182 Å². The number of anilines is 2. The summed E-state index contributed by atoms with van der Waals surface area (Å²) >= 11 is 1.72. The second-order valence-electron chi connectivity index (χ2n) is 7.16. The first-order valence-corrected chi connectivity index (χ1v) is 10.5. The van der Waals surface area contributed by atoms with E-state index in [0.717, 1.165) is 32.7 Å². The quantitative estimate of drug-likeness (QED) is 0.386. The molecule has 3 aromatic heterocycles. The number of rotatable bonds is 4. The molecule has 7 heteroatoms. The molecule has 5 aromatic rings. The second-order valence-corrected chi connectivity index (χ2v) is 8.24. The van der Waals surface area contributed by atoms with E-state index >= 15 is 0 Å². The summed E-state index contributed by atoms with van der Waals surface area (Å²) in [5, 5.41) is 4.81. The number of nitrogens with two attached hydrogens (primary N) is 1. The molecule has 0 spiro atoms. The van der Waals surface area contributed by atoms with Gasteiger partial charge in [0, 0.05) is 27.9 Å². The van der Waals surface area contributed by atoms with Crippen molar-refractivity contribution < 1.29 is 4.79 Å². The summed E-state index contributed by atoms with van der Waals surface area (Å²) in [6.07, 6.45) is 2.74. The summed E-state index contributed by atoms with van der Waals surface area (Å²) in [4.78, 5) is 21.5. The normalized spacial score (nSPS) is 11.1. The number of thiophene rings is 1. The number of nitrogens with zero attached hydrogens (tertiary/aromatic N) is 3. The van der Waals surface area contributed by atoms with Crippen molar-refractivity contribution >= 4 is 49.9 Å². The summed E-state index contributed by atoms with van der Waals surface area (Å²) in [6, 6.07) is 18.2. The number of carbonyl (C=O) groups is 1. The molecule has 0 saturated heterocycles. The van der Waals surface area contributed by atoms with Gasteiger partial charge in [0.25, 0.3) is 0 Å². The van der Waals surface area contributed by atoms with Crippen molar-refractivity contribution in [3.05, 3.63) is 73.6 Å². The van der Waals surface area contributed by atoms with Crippen molar-refractivity contribution in [2.45, 2.75) is 0 Å². The molecule has 6 nitrogen and oxygen atoms in total. The average Bonchev–Trinajstić information content (AvgIpc) is 3.34. The van der Waals surface area contributed by atoms with E-state index in [1.165, 1.54) is 22.5 Å². The highest BCUT2D eigenvalue weighted by atomic mass is 32.1. The predicted molar refractivity (Wildman–Crippen MR) is 128 cm³/mol. The molecule has 3 heterocycles. The van der Waals surface area contributed by atoms with Gasteiger partial charge in [0.1, 0.15) is 17.8 Å². The van der Waals surface area contributed by atoms with Gasteiger partial charge in [-0.1, -0.05) is 36.9 Å². The van der Waals surface area contributed by atoms with Crippen molar-refractivity contribution in [1.82, 2.24) is 14.5 Å². The summed E-state index contributed by atoms with van der Waals surface area (Å²) in [5.74, 6) is 0.209. The summed E-state index contributed by atoms with van der Waals surface area (Å²) in [5.41, 5.74) is 10.8. The first-order chi connectivity index (χ1) is 15.1. The molecular formula is C24H19N5OS. The Morgan fingerprint density at radius 2 is 1.94 bits per heavy atom. The summed E-state index contributed by atoms with van der Waals surface area (Å²) in [7, 11) is 1.98. The van der Waals surface area contributed by atoms with E-state index in [0.29, 0.717) is 11.5 Å². The molecule has 0 radical (unpaired) electrons. The van der Waals surface area contributed by atoms with Crippen LogP contribution in [0, 0.1) is 0 Å². The number of hydrogen-bond donors (Lipinski definition) is 2. The van der Waals surface area contributed by atoms with Crippen molar-refractivity contribution in [3.63, 3.8) is 0 Å². The van der Waals surface area contributed by atoms with E-state index in [4.69, 9.17) is 5.73 Å². The van der Waals surface area contributed by atoms with Gasteiger partial charge in [0.15, 0.2) is 0 Å². The summed E-state index contributed by atoms with van der Waals surface area (Å²) in [6.45, 7) is 3.49. The van der Waals surface area contributed by atoms with E-state index in [1.807, 2.05) is 48.0 Å². The maximum Gasteiger partial charge on any atom is 0.247 e. The lowest BCUT2D eigenvalue weighted by molar-refractivity contribution is -0.111. The van der Waals surface area contributed by atoms with E-state index in [2.05, 4.69) is 40.1 Å².